The van der Waals surface area contributed by atoms with E-state index >= 15 is 0 Å². The number of H-pyrrole nitrogens is 1. The number of nitrogens with zero attached hydrogens (tertiary/aromatic N) is 3. The Balaban J connectivity index is 1.78. The molecule has 34 heavy (non-hydrogen) atoms. The standard InChI is InChI=1S/C24H26N4O4S2/c1-4-27(5-2)34(30,31)19-12-13-22-21(15-19)26-24(33-16-23(29)20-7-6-14-25-20)28(22)17-8-10-18(32-3)11-9-17/h6-15,25H,4-5,16H2,1-3H3. The van der Waals surface area contributed by atoms with Crippen LogP contribution in [0.3, 0.4) is 0 Å². The van der Waals surface area contributed by atoms with Crippen LogP contribution in [0, 0.1) is 0 Å². The summed E-state index contributed by atoms with van der Waals surface area (Å²) in [5.74, 6) is 0.856. The van der Waals surface area contributed by atoms with Crippen molar-refractivity contribution < 1.29 is 17.9 Å². The van der Waals surface area contributed by atoms with Gasteiger partial charge in [0, 0.05) is 25.0 Å². The van der Waals surface area contributed by atoms with Crippen molar-refractivity contribution in [3.8, 4) is 11.4 Å². The lowest BCUT2D eigenvalue weighted by Crippen LogP contribution is -2.30. The van der Waals surface area contributed by atoms with Crippen molar-refractivity contribution in [2.75, 3.05) is 26.0 Å². The van der Waals surface area contributed by atoms with Crippen LogP contribution in [0.25, 0.3) is 16.7 Å². The average Bonchev–Trinajstić information content (AvgIpc) is 3.51. The Morgan fingerprint density at radius 3 is 2.47 bits per heavy atom. The van der Waals surface area contributed by atoms with Crippen LogP contribution in [-0.2, 0) is 10.0 Å². The second-order valence-electron chi connectivity index (χ2n) is 7.46. The Morgan fingerprint density at radius 2 is 1.85 bits per heavy atom. The Morgan fingerprint density at radius 1 is 1.12 bits per heavy atom. The van der Waals surface area contributed by atoms with Gasteiger partial charge in [-0.1, -0.05) is 25.6 Å². The van der Waals surface area contributed by atoms with Gasteiger partial charge in [0.1, 0.15) is 5.75 Å². The number of Topliss-reactive ketones (excluding diaryl/α,β-unsaturated/α-hetero) is 1. The number of ketones is 1. The molecule has 10 heteroatoms. The molecule has 1 N–H and O–H groups in total. The maximum Gasteiger partial charge on any atom is 0.243 e. The van der Waals surface area contributed by atoms with Gasteiger partial charge in [0.2, 0.25) is 10.0 Å². The molecule has 2 aromatic heterocycles. The largest absolute Gasteiger partial charge is 0.497 e. The zero-order valence-electron chi connectivity index (χ0n) is 19.2. The van der Waals surface area contributed by atoms with Crippen LogP contribution >= 0.6 is 11.8 Å². The van der Waals surface area contributed by atoms with Crippen LogP contribution in [0.4, 0.5) is 0 Å². The van der Waals surface area contributed by atoms with E-state index in [1.54, 1.807) is 43.6 Å². The lowest BCUT2D eigenvalue weighted by Gasteiger charge is -2.18. The summed E-state index contributed by atoms with van der Waals surface area (Å²) in [4.78, 5) is 20.4. The number of methoxy groups -OCH3 is 1. The van der Waals surface area contributed by atoms with Gasteiger partial charge in [-0.15, -0.1) is 0 Å². The third-order valence-electron chi connectivity index (χ3n) is 5.50. The van der Waals surface area contributed by atoms with Crippen LogP contribution in [0.15, 0.2) is 70.8 Å². The molecule has 0 bridgehead atoms. The van der Waals surface area contributed by atoms with Crippen molar-refractivity contribution in [3.05, 3.63) is 66.5 Å². The van der Waals surface area contributed by atoms with Gasteiger partial charge in [0.05, 0.1) is 34.5 Å². The molecule has 0 radical (unpaired) electrons. The van der Waals surface area contributed by atoms with Crippen LogP contribution in [0.1, 0.15) is 24.3 Å². The number of ether oxygens (including phenoxy) is 1. The summed E-state index contributed by atoms with van der Waals surface area (Å²) in [6.45, 7) is 4.40. The van der Waals surface area contributed by atoms with Gasteiger partial charge in [-0.2, -0.15) is 4.31 Å². The van der Waals surface area contributed by atoms with Crippen molar-refractivity contribution >= 4 is 38.6 Å². The molecule has 0 fully saturated rings. The predicted octanol–water partition coefficient (Wildman–Crippen LogP) is 4.37. The number of carbonyl (C=O) groups is 1. The highest BCUT2D eigenvalue weighted by Gasteiger charge is 2.24. The Kier molecular flexibility index (Phi) is 7.11. The monoisotopic (exact) mass is 498 g/mol. The highest BCUT2D eigenvalue weighted by atomic mass is 32.2. The number of thioether (sulfide) groups is 1. The van der Waals surface area contributed by atoms with Gasteiger partial charge in [-0.05, 0) is 54.6 Å². The first-order valence-corrected chi connectivity index (χ1v) is 13.3. The third-order valence-corrected chi connectivity index (χ3v) is 8.48. The second kappa shape index (κ2) is 10.0. The fourth-order valence-electron chi connectivity index (χ4n) is 3.70. The first kappa shape index (κ1) is 24.1. The van der Waals surface area contributed by atoms with E-state index in [0.29, 0.717) is 29.5 Å². The zero-order valence-corrected chi connectivity index (χ0v) is 20.8. The first-order chi connectivity index (χ1) is 16.4. The predicted molar refractivity (Wildman–Crippen MR) is 134 cm³/mol. The average molecular weight is 499 g/mol. The summed E-state index contributed by atoms with van der Waals surface area (Å²) in [5.41, 5.74) is 2.65. The molecule has 0 unspecified atom stereocenters. The zero-order chi connectivity index (χ0) is 24.3. The highest BCUT2D eigenvalue weighted by Crippen LogP contribution is 2.31. The molecule has 0 atom stereocenters. The summed E-state index contributed by atoms with van der Waals surface area (Å²) >= 11 is 1.30. The van der Waals surface area contributed by atoms with Gasteiger partial charge in [0.15, 0.2) is 10.9 Å². The minimum atomic E-state index is -3.62. The van der Waals surface area contributed by atoms with E-state index in [1.165, 1.54) is 16.1 Å². The quantitative estimate of drug-likeness (QED) is 0.258. The van der Waals surface area contributed by atoms with Crippen molar-refractivity contribution in [2.45, 2.75) is 23.9 Å². The van der Waals surface area contributed by atoms with E-state index in [-0.39, 0.29) is 16.4 Å². The van der Waals surface area contributed by atoms with E-state index in [4.69, 9.17) is 9.72 Å². The van der Waals surface area contributed by atoms with Crippen LogP contribution in [-0.4, -0.2) is 59.0 Å². The SMILES string of the molecule is CCN(CC)S(=O)(=O)c1ccc2c(c1)nc(SCC(=O)c1ccc[nH]1)n2-c1ccc(OC)cc1. The molecule has 0 saturated heterocycles. The second-order valence-corrected chi connectivity index (χ2v) is 10.3. The number of aromatic nitrogens is 3. The fraction of sp³-hybridized carbons (Fsp3) is 0.250. The van der Waals surface area contributed by atoms with E-state index in [9.17, 15) is 13.2 Å². The molecule has 0 amide bonds. The molecule has 178 valence electrons. The van der Waals surface area contributed by atoms with Crippen molar-refractivity contribution in [1.82, 2.24) is 18.8 Å². The Bertz CT molecular complexity index is 1390. The molecule has 0 aliphatic carbocycles. The number of carbonyl (C=O) groups excluding carboxylic acids is 1. The van der Waals surface area contributed by atoms with Crippen molar-refractivity contribution in [2.24, 2.45) is 0 Å². The van der Waals surface area contributed by atoms with Crippen LogP contribution in [0.2, 0.25) is 0 Å². The van der Waals surface area contributed by atoms with Gasteiger partial charge >= 0.3 is 0 Å². The number of sulfonamides is 1. The third kappa shape index (κ3) is 4.61. The van der Waals surface area contributed by atoms with Crippen LogP contribution in [0.5, 0.6) is 5.75 Å². The van der Waals surface area contributed by atoms with Crippen LogP contribution < -0.4 is 4.74 Å². The number of hydrogen-bond donors (Lipinski definition) is 1. The maximum atomic E-state index is 13.0. The van der Waals surface area contributed by atoms with E-state index in [0.717, 1.165) is 17.0 Å². The summed E-state index contributed by atoms with van der Waals surface area (Å²) in [6.07, 6.45) is 1.71. The molecule has 2 aromatic carbocycles. The molecule has 4 aromatic rings. The topological polar surface area (TPSA) is 97.3 Å². The number of aromatic amines is 1. The molecular formula is C24H26N4O4S2. The smallest absolute Gasteiger partial charge is 0.243 e. The molecule has 8 nitrogen and oxygen atoms in total. The molecule has 0 aliphatic heterocycles. The lowest BCUT2D eigenvalue weighted by molar-refractivity contribution is 0.101. The number of nitrogens with one attached hydrogen (secondary N) is 1. The van der Waals surface area contributed by atoms with Gasteiger partial charge in [0.25, 0.3) is 0 Å². The molecule has 0 saturated carbocycles. The number of hydrogen-bond acceptors (Lipinski definition) is 6. The summed E-state index contributed by atoms with van der Waals surface area (Å²) < 4.78 is 34.7. The number of rotatable bonds is 10. The summed E-state index contributed by atoms with van der Waals surface area (Å²) in [5, 5.41) is 0.595. The Hall–Kier alpha value is -3.08. The first-order valence-electron chi connectivity index (χ1n) is 10.9. The minimum absolute atomic E-state index is 0.0480. The highest BCUT2D eigenvalue weighted by molar-refractivity contribution is 7.99. The van der Waals surface area contributed by atoms with Crippen molar-refractivity contribution in [3.63, 3.8) is 0 Å². The minimum Gasteiger partial charge on any atom is -0.497 e. The summed E-state index contributed by atoms with van der Waals surface area (Å²) in [7, 11) is -2.02. The number of fused-ring (bicyclic) bond motifs is 1. The number of imidazole rings is 1. The van der Waals surface area contributed by atoms with E-state index in [1.807, 2.05) is 42.7 Å². The molecular weight excluding hydrogens is 472 g/mol. The van der Waals surface area contributed by atoms with E-state index in [2.05, 4.69) is 4.98 Å². The van der Waals surface area contributed by atoms with Gasteiger partial charge in [-0.25, -0.2) is 13.4 Å². The molecule has 4 rings (SSSR count). The lowest BCUT2D eigenvalue weighted by atomic mass is 10.2. The fourth-order valence-corrected chi connectivity index (χ4v) is 6.09. The number of benzene rings is 2. The molecule has 0 spiro atoms. The van der Waals surface area contributed by atoms with E-state index < -0.39 is 10.0 Å². The van der Waals surface area contributed by atoms with Gasteiger partial charge < -0.3 is 9.72 Å². The Labute approximate surface area is 203 Å². The normalized spacial score (nSPS) is 11.9. The van der Waals surface area contributed by atoms with Crippen molar-refractivity contribution in [1.29, 1.82) is 0 Å². The molecule has 0 aliphatic rings. The summed E-state index contributed by atoms with van der Waals surface area (Å²) in [6, 6.07) is 16.0. The maximum absolute atomic E-state index is 13.0. The molecule has 2 heterocycles. The van der Waals surface area contributed by atoms with Gasteiger partial charge in [-0.3, -0.25) is 9.36 Å².